The molecular weight excluding hydrogens is 306 g/mol. The van der Waals surface area contributed by atoms with Crippen molar-refractivity contribution in [2.24, 2.45) is 0 Å². The molecule has 2 fully saturated rings. The number of piperidine rings is 2. The number of amides is 1. The minimum atomic E-state index is -0.161. The van der Waals surface area contributed by atoms with Crippen LogP contribution in [0.2, 0.25) is 0 Å². The average molecular weight is 335 g/mol. The molecule has 1 N–H and O–H groups in total. The normalized spacial score (nSPS) is 23.6. The van der Waals surface area contributed by atoms with Gasteiger partial charge >= 0.3 is 0 Å². The van der Waals surface area contributed by atoms with E-state index < -0.39 is 0 Å². The van der Waals surface area contributed by atoms with Gasteiger partial charge in [-0.05, 0) is 38.5 Å². The highest BCUT2D eigenvalue weighted by Crippen LogP contribution is 2.20. The van der Waals surface area contributed by atoms with Gasteiger partial charge in [-0.25, -0.2) is 4.68 Å². The van der Waals surface area contributed by atoms with Gasteiger partial charge in [-0.1, -0.05) is 12.1 Å². The number of aliphatic hydroxyl groups is 1. The second-order valence-electron chi connectivity index (χ2n) is 7.06. The van der Waals surface area contributed by atoms with Gasteiger partial charge in [0.1, 0.15) is 6.54 Å². The molecule has 1 unspecified atom stereocenters. The molecule has 0 saturated carbocycles. The maximum absolute atomic E-state index is 12.6. The molecular formula is C17H29N5O2. The molecule has 2 saturated heterocycles. The van der Waals surface area contributed by atoms with E-state index in [0.717, 1.165) is 64.0 Å². The van der Waals surface area contributed by atoms with Crippen LogP contribution >= 0.6 is 0 Å². The molecule has 3 rings (SSSR count). The van der Waals surface area contributed by atoms with Gasteiger partial charge < -0.3 is 10.0 Å². The molecule has 1 amide bonds. The first-order valence-corrected chi connectivity index (χ1v) is 9.24. The first-order valence-electron chi connectivity index (χ1n) is 9.24. The molecule has 7 heteroatoms. The van der Waals surface area contributed by atoms with Crippen molar-refractivity contribution in [3.63, 3.8) is 0 Å². The summed E-state index contributed by atoms with van der Waals surface area (Å²) in [7, 11) is 0. The van der Waals surface area contributed by atoms with E-state index in [1.54, 1.807) is 4.68 Å². The van der Waals surface area contributed by atoms with Crippen molar-refractivity contribution < 1.29 is 9.90 Å². The van der Waals surface area contributed by atoms with E-state index in [9.17, 15) is 9.90 Å². The number of likely N-dealkylation sites (tertiary alicyclic amines) is 2. The maximum Gasteiger partial charge on any atom is 0.244 e. The minimum absolute atomic E-state index is 0.152. The molecule has 0 aliphatic carbocycles. The zero-order chi connectivity index (χ0) is 16.9. The topological polar surface area (TPSA) is 74.5 Å². The summed E-state index contributed by atoms with van der Waals surface area (Å²) in [6, 6.07) is 0.383. The highest BCUT2D eigenvalue weighted by atomic mass is 16.3. The third-order valence-corrected chi connectivity index (χ3v) is 5.24. The predicted octanol–water partition coefficient (Wildman–Crippen LogP) is 1.03. The zero-order valence-corrected chi connectivity index (χ0v) is 14.6. The van der Waals surface area contributed by atoms with Gasteiger partial charge in [0.2, 0.25) is 5.91 Å². The summed E-state index contributed by atoms with van der Waals surface area (Å²) in [5.74, 6) is 0.152. The number of aliphatic hydroxyl groups excluding tert-OH is 1. The molecule has 1 atom stereocenters. The fourth-order valence-electron chi connectivity index (χ4n) is 3.78. The van der Waals surface area contributed by atoms with Crippen LogP contribution in [-0.2, 0) is 17.9 Å². The van der Waals surface area contributed by atoms with Crippen LogP contribution in [0.4, 0.5) is 0 Å². The van der Waals surface area contributed by atoms with Crippen LogP contribution in [0.3, 0.4) is 0 Å². The van der Waals surface area contributed by atoms with Crippen molar-refractivity contribution in [2.45, 2.75) is 70.7 Å². The molecule has 2 aliphatic rings. The van der Waals surface area contributed by atoms with Crippen LogP contribution in [0.5, 0.6) is 0 Å². The summed E-state index contributed by atoms with van der Waals surface area (Å²) in [6.07, 6.45) is 7.83. The first-order chi connectivity index (χ1) is 11.7. The smallest absolute Gasteiger partial charge is 0.244 e. The van der Waals surface area contributed by atoms with Crippen LogP contribution < -0.4 is 0 Å². The Morgan fingerprint density at radius 3 is 2.79 bits per heavy atom. The second-order valence-corrected chi connectivity index (χ2v) is 7.06. The SMILES string of the molecule is CCC1CCCCN1C(=O)Cn1cc(CN2CCC(O)CC2)nn1. The molecule has 134 valence electrons. The van der Waals surface area contributed by atoms with E-state index in [4.69, 9.17) is 0 Å². The molecule has 0 aromatic carbocycles. The number of carbonyl (C=O) groups is 1. The Morgan fingerprint density at radius 1 is 1.25 bits per heavy atom. The highest BCUT2D eigenvalue weighted by molar-refractivity contribution is 5.76. The number of hydrogen-bond acceptors (Lipinski definition) is 5. The second kappa shape index (κ2) is 8.07. The number of hydrogen-bond donors (Lipinski definition) is 1. The first kappa shape index (κ1) is 17.4. The number of rotatable bonds is 5. The number of nitrogens with zero attached hydrogens (tertiary/aromatic N) is 5. The molecule has 3 heterocycles. The van der Waals surface area contributed by atoms with Gasteiger partial charge in [0.05, 0.1) is 18.0 Å². The third-order valence-electron chi connectivity index (χ3n) is 5.24. The zero-order valence-electron chi connectivity index (χ0n) is 14.6. The molecule has 1 aromatic heterocycles. The van der Waals surface area contributed by atoms with E-state index >= 15 is 0 Å². The lowest BCUT2D eigenvalue weighted by Gasteiger charge is -2.35. The summed E-state index contributed by atoms with van der Waals surface area (Å²) < 4.78 is 1.66. The standard InChI is InChI=1S/C17H29N5O2/c1-2-15-5-3-4-8-22(15)17(24)13-21-12-14(18-19-21)11-20-9-6-16(23)7-10-20/h12,15-16,23H,2-11,13H2,1H3. The van der Waals surface area contributed by atoms with Gasteiger partial charge in [-0.2, -0.15) is 0 Å². The minimum Gasteiger partial charge on any atom is -0.393 e. The Labute approximate surface area is 143 Å². The largest absolute Gasteiger partial charge is 0.393 e. The van der Waals surface area contributed by atoms with E-state index in [2.05, 4.69) is 22.1 Å². The van der Waals surface area contributed by atoms with E-state index in [1.165, 1.54) is 6.42 Å². The lowest BCUT2D eigenvalue weighted by Crippen LogP contribution is -2.44. The highest BCUT2D eigenvalue weighted by Gasteiger charge is 2.25. The summed E-state index contributed by atoms with van der Waals surface area (Å²) in [5.41, 5.74) is 0.893. The monoisotopic (exact) mass is 335 g/mol. The summed E-state index contributed by atoms with van der Waals surface area (Å²) in [6.45, 7) is 5.82. The van der Waals surface area contributed by atoms with Crippen molar-refractivity contribution >= 4 is 5.91 Å². The fraction of sp³-hybridized carbons (Fsp3) is 0.824. The lowest BCUT2D eigenvalue weighted by atomic mass is 10.00. The summed E-state index contributed by atoms with van der Waals surface area (Å²) in [4.78, 5) is 16.9. The molecule has 0 spiro atoms. The molecule has 2 aliphatic heterocycles. The molecule has 0 bridgehead atoms. The molecule has 7 nitrogen and oxygen atoms in total. The van der Waals surface area contributed by atoms with Gasteiger partial charge in [0, 0.05) is 32.2 Å². The van der Waals surface area contributed by atoms with Crippen molar-refractivity contribution in [2.75, 3.05) is 19.6 Å². The van der Waals surface area contributed by atoms with Gasteiger partial charge in [-0.15, -0.1) is 5.10 Å². The van der Waals surface area contributed by atoms with E-state index in [0.29, 0.717) is 6.04 Å². The maximum atomic E-state index is 12.6. The lowest BCUT2D eigenvalue weighted by molar-refractivity contribution is -0.135. The van der Waals surface area contributed by atoms with E-state index in [-0.39, 0.29) is 18.6 Å². The van der Waals surface area contributed by atoms with Crippen LogP contribution in [0, 0.1) is 0 Å². The average Bonchev–Trinajstić information content (AvgIpc) is 3.03. The van der Waals surface area contributed by atoms with Gasteiger partial charge in [0.15, 0.2) is 0 Å². The third kappa shape index (κ3) is 4.33. The van der Waals surface area contributed by atoms with Crippen molar-refractivity contribution in [3.8, 4) is 0 Å². The Bertz CT molecular complexity index is 539. The van der Waals surface area contributed by atoms with Crippen LogP contribution in [0.25, 0.3) is 0 Å². The fourth-order valence-corrected chi connectivity index (χ4v) is 3.78. The van der Waals surface area contributed by atoms with Gasteiger partial charge in [-0.3, -0.25) is 9.69 Å². The summed E-state index contributed by atoms with van der Waals surface area (Å²) >= 11 is 0. The van der Waals surface area contributed by atoms with Crippen LogP contribution in [0.15, 0.2) is 6.20 Å². The van der Waals surface area contributed by atoms with Crippen molar-refractivity contribution in [1.82, 2.24) is 24.8 Å². The number of carbonyl (C=O) groups excluding carboxylic acids is 1. The Morgan fingerprint density at radius 2 is 2.04 bits per heavy atom. The Hall–Kier alpha value is -1.47. The molecule has 1 aromatic rings. The Kier molecular flexibility index (Phi) is 5.84. The molecule has 24 heavy (non-hydrogen) atoms. The van der Waals surface area contributed by atoms with Crippen LogP contribution in [0.1, 0.15) is 51.1 Å². The van der Waals surface area contributed by atoms with Crippen molar-refractivity contribution in [3.05, 3.63) is 11.9 Å². The van der Waals surface area contributed by atoms with Gasteiger partial charge in [0.25, 0.3) is 0 Å². The quantitative estimate of drug-likeness (QED) is 0.870. The Balaban J connectivity index is 1.52. The predicted molar refractivity (Wildman–Crippen MR) is 90.2 cm³/mol. The van der Waals surface area contributed by atoms with Crippen LogP contribution in [-0.4, -0.2) is 67.6 Å². The van der Waals surface area contributed by atoms with E-state index in [1.807, 2.05) is 11.1 Å². The number of aromatic nitrogens is 3. The molecule has 0 radical (unpaired) electrons. The summed E-state index contributed by atoms with van der Waals surface area (Å²) in [5, 5.41) is 17.9. The van der Waals surface area contributed by atoms with Crippen molar-refractivity contribution in [1.29, 1.82) is 0 Å².